The van der Waals surface area contributed by atoms with Gasteiger partial charge in [-0.25, -0.2) is 4.98 Å². The fourth-order valence-electron chi connectivity index (χ4n) is 2.33. The summed E-state index contributed by atoms with van der Waals surface area (Å²) in [5.74, 6) is 2.50. The largest absolute Gasteiger partial charge is 0.493 e. The Morgan fingerprint density at radius 1 is 1.38 bits per heavy atom. The Balaban J connectivity index is 1.78. The molecule has 0 saturated heterocycles. The molecule has 0 spiro atoms. The Morgan fingerprint density at radius 3 is 3.05 bits per heavy atom. The quantitative estimate of drug-likeness (QED) is 0.920. The summed E-state index contributed by atoms with van der Waals surface area (Å²) in [5.41, 5.74) is 2.40. The molecule has 0 saturated carbocycles. The summed E-state index contributed by atoms with van der Waals surface area (Å²) in [4.78, 5) is 10.5. The number of nitrogens with zero attached hydrogens (tertiary/aromatic N) is 3. The molecule has 0 radical (unpaired) electrons. The van der Waals surface area contributed by atoms with E-state index in [-0.39, 0.29) is 0 Å². The molecule has 1 N–H and O–H groups in total. The molecular formula is C15H17BrN4O. The molecular weight excluding hydrogens is 332 g/mol. The lowest BCUT2D eigenvalue weighted by molar-refractivity contribution is 0.354. The molecule has 2 heterocycles. The smallest absolute Gasteiger partial charge is 0.226 e. The minimum atomic E-state index is 0.672. The summed E-state index contributed by atoms with van der Waals surface area (Å²) in [5, 5.41) is 3.33. The molecule has 0 unspecified atom stereocenters. The van der Waals surface area contributed by atoms with Gasteiger partial charge in [-0.1, -0.05) is 15.9 Å². The lowest BCUT2D eigenvalue weighted by atomic mass is 10.1. The molecule has 0 aliphatic carbocycles. The van der Waals surface area contributed by atoms with Crippen molar-refractivity contribution in [3.8, 4) is 5.75 Å². The maximum atomic E-state index is 5.73. The Labute approximate surface area is 132 Å². The van der Waals surface area contributed by atoms with E-state index >= 15 is 0 Å². The molecule has 0 bridgehead atoms. The summed E-state index contributed by atoms with van der Waals surface area (Å²) >= 11 is 3.56. The van der Waals surface area contributed by atoms with Crippen molar-refractivity contribution in [3.05, 3.63) is 40.0 Å². The van der Waals surface area contributed by atoms with Crippen molar-refractivity contribution in [1.82, 2.24) is 9.97 Å². The van der Waals surface area contributed by atoms with Gasteiger partial charge in [-0.2, -0.15) is 4.98 Å². The van der Waals surface area contributed by atoms with Crippen LogP contribution in [0.1, 0.15) is 11.1 Å². The summed E-state index contributed by atoms with van der Waals surface area (Å²) < 4.78 is 6.82. The number of hydrogen-bond acceptors (Lipinski definition) is 5. The average molecular weight is 349 g/mol. The highest BCUT2D eigenvalue weighted by Gasteiger charge is 2.17. The highest BCUT2D eigenvalue weighted by molar-refractivity contribution is 9.10. The van der Waals surface area contributed by atoms with Gasteiger partial charge in [0.15, 0.2) is 0 Å². The van der Waals surface area contributed by atoms with E-state index in [9.17, 15) is 0 Å². The topological polar surface area (TPSA) is 50.3 Å². The van der Waals surface area contributed by atoms with Gasteiger partial charge in [-0.05, 0) is 23.8 Å². The Morgan fingerprint density at radius 2 is 2.24 bits per heavy atom. The highest BCUT2D eigenvalue weighted by Crippen LogP contribution is 2.33. The average Bonchev–Trinajstić information content (AvgIpc) is 2.93. The molecule has 1 aliphatic rings. The van der Waals surface area contributed by atoms with Gasteiger partial charge in [-0.3, -0.25) is 0 Å². The van der Waals surface area contributed by atoms with Crippen LogP contribution >= 0.6 is 15.9 Å². The molecule has 3 rings (SSSR count). The van der Waals surface area contributed by atoms with Gasteiger partial charge in [0.25, 0.3) is 0 Å². The third-order valence-corrected chi connectivity index (χ3v) is 3.79. The number of rotatable bonds is 4. The van der Waals surface area contributed by atoms with E-state index in [4.69, 9.17) is 4.74 Å². The van der Waals surface area contributed by atoms with E-state index in [1.165, 1.54) is 5.56 Å². The van der Waals surface area contributed by atoms with Crippen molar-refractivity contribution in [2.45, 2.75) is 13.0 Å². The maximum absolute atomic E-state index is 5.73. The molecule has 110 valence electrons. The van der Waals surface area contributed by atoms with E-state index in [0.717, 1.165) is 34.6 Å². The van der Waals surface area contributed by atoms with Crippen LogP contribution in [-0.4, -0.2) is 30.7 Å². The van der Waals surface area contributed by atoms with Crippen LogP contribution < -0.4 is 15.0 Å². The summed E-state index contributed by atoms with van der Waals surface area (Å²) in [7, 11) is 3.85. The van der Waals surface area contributed by atoms with Crippen LogP contribution in [0.5, 0.6) is 5.75 Å². The first-order valence-corrected chi connectivity index (χ1v) is 7.61. The van der Waals surface area contributed by atoms with Crippen LogP contribution in [0.15, 0.2) is 28.9 Å². The zero-order chi connectivity index (χ0) is 14.8. The van der Waals surface area contributed by atoms with Gasteiger partial charge >= 0.3 is 0 Å². The second kappa shape index (κ2) is 5.89. The molecule has 1 aromatic carbocycles. The SMILES string of the molecule is CN(C)c1nccc(NCc2cc(Br)cc3c2OCC3)n1. The molecule has 0 fully saturated rings. The van der Waals surface area contributed by atoms with Crippen molar-refractivity contribution in [3.63, 3.8) is 0 Å². The van der Waals surface area contributed by atoms with Gasteiger partial charge in [0.05, 0.1) is 6.61 Å². The third-order valence-electron chi connectivity index (χ3n) is 3.33. The van der Waals surface area contributed by atoms with Crippen molar-refractivity contribution < 1.29 is 4.74 Å². The molecule has 1 aliphatic heterocycles. The summed E-state index contributed by atoms with van der Waals surface area (Å²) in [6.45, 7) is 1.43. The first kappa shape index (κ1) is 14.1. The minimum absolute atomic E-state index is 0.672. The van der Waals surface area contributed by atoms with Gasteiger partial charge in [0.2, 0.25) is 5.95 Å². The Bertz CT molecular complexity index is 660. The van der Waals surface area contributed by atoms with Gasteiger partial charge in [0.1, 0.15) is 11.6 Å². The van der Waals surface area contributed by atoms with Gasteiger partial charge in [-0.15, -0.1) is 0 Å². The van der Waals surface area contributed by atoms with Crippen LogP contribution in [0.3, 0.4) is 0 Å². The van der Waals surface area contributed by atoms with Crippen molar-refractivity contribution in [1.29, 1.82) is 0 Å². The molecule has 6 heteroatoms. The lowest BCUT2D eigenvalue weighted by Crippen LogP contribution is -2.13. The number of halogens is 1. The molecule has 0 amide bonds. The number of aromatic nitrogens is 2. The van der Waals surface area contributed by atoms with E-state index in [1.807, 2.05) is 25.1 Å². The van der Waals surface area contributed by atoms with E-state index in [0.29, 0.717) is 12.5 Å². The first-order valence-electron chi connectivity index (χ1n) is 6.82. The molecule has 0 atom stereocenters. The second-order valence-corrected chi connectivity index (χ2v) is 6.06. The standard InChI is InChI=1S/C15H17BrN4O/c1-20(2)15-17-5-3-13(19-15)18-9-11-8-12(16)7-10-4-6-21-14(10)11/h3,5,7-8H,4,6,9H2,1-2H3,(H,17,18,19). The van der Waals surface area contributed by atoms with Crippen molar-refractivity contribution >= 4 is 27.7 Å². The molecule has 1 aromatic heterocycles. The number of anilines is 2. The van der Waals surface area contributed by atoms with Crippen molar-refractivity contribution in [2.24, 2.45) is 0 Å². The highest BCUT2D eigenvalue weighted by atomic mass is 79.9. The van der Waals surface area contributed by atoms with Gasteiger partial charge < -0.3 is 15.0 Å². The molecule has 2 aromatic rings. The fourth-order valence-corrected chi connectivity index (χ4v) is 2.88. The number of nitrogens with one attached hydrogen (secondary N) is 1. The number of fused-ring (bicyclic) bond motifs is 1. The normalized spacial score (nSPS) is 12.7. The van der Waals surface area contributed by atoms with Crippen LogP contribution in [0.4, 0.5) is 11.8 Å². The zero-order valence-corrected chi connectivity index (χ0v) is 13.6. The van der Waals surface area contributed by atoms with Crippen molar-refractivity contribution in [2.75, 3.05) is 30.9 Å². The van der Waals surface area contributed by atoms with E-state index in [1.54, 1.807) is 6.20 Å². The Hall–Kier alpha value is -1.82. The van der Waals surface area contributed by atoms with Gasteiger partial charge in [0, 0.05) is 43.3 Å². The number of ether oxygens (including phenoxy) is 1. The van der Waals surface area contributed by atoms with Crippen LogP contribution in [0, 0.1) is 0 Å². The predicted octanol–water partition coefficient (Wildman–Crippen LogP) is 2.85. The zero-order valence-electron chi connectivity index (χ0n) is 12.1. The van der Waals surface area contributed by atoms with E-state index < -0.39 is 0 Å². The molecule has 5 nitrogen and oxygen atoms in total. The summed E-state index contributed by atoms with van der Waals surface area (Å²) in [6.07, 6.45) is 2.73. The minimum Gasteiger partial charge on any atom is -0.493 e. The van der Waals surface area contributed by atoms with Crippen LogP contribution in [-0.2, 0) is 13.0 Å². The molecule has 21 heavy (non-hydrogen) atoms. The Kier molecular flexibility index (Phi) is 3.96. The fraction of sp³-hybridized carbons (Fsp3) is 0.333. The number of benzene rings is 1. The summed E-state index contributed by atoms with van der Waals surface area (Å²) in [6, 6.07) is 6.08. The monoisotopic (exact) mass is 348 g/mol. The van der Waals surface area contributed by atoms with Crippen LogP contribution in [0.25, 0.3) is 0 Å². The van der Waals surface area contributed by atoms with E-state index in [2.05, 4.69) is 43.3 Å². The predicted molar refractivity (Wildman–Crippen MR) is 87.0 cm³/mol. The maximum Gasteiger partial charge on any atom is 0.226 e. The number of hydrogen-bond donors (Lipinski definition) is 1. The third kappa shape index (κ3) is 3.10. The lowest BCUT2D eigenvalue weighted by Gasteiger charge is -2.13. The van der Waals surface area contributed by atoms with Crippen LogP contribution in [0.2, 0.25) is 0 Å². The second-order valence-electron chi connectivity index (χ2n) is 5.14. The first-order chi connectivity index (χ1) is 10.1.